The maximum Gasteiger partial charge on any atom is 0.187 e. The highest BCUT2D eigenvalue weighted by atomic mass is 79.9. The summed E-state index contributed by atoms with van der Waals surface area (Å²) >= 11 is 3.37. The minimum absolute atomic E-state index is 0.0331. The largest absolute Gasteiger partial charge is 0.341 e. The fraction of sp³-hybridized carbons (Fsp3) is 0.333. The second-order valence-corrected chi connectivity index (χ2v) is 7.81. The van der Waals surface area contributed by atoms with Crippen LogP contribution in [0.25, 0.3) is 0 Å². The highest BCUT2D eigenvalue weighted by Gasteiger charge is 2.37. The SMILES string of the molecule is CC1=CC2CC(C)=C(C)CC(C2=O)N1/C=C/C(=O)c1ccc(Br)cc1. The van der Waals surface area contributed by atoms with Crippen molar-refractivity contribution in [1.29, 1.82) is 0 Å². The first-order chi connectivity index (χ1) is 11.9. The first-order valence-electron chi connectivity index (χ1n) is 8.50. The van der Waals surface area contributed by atoms with Crippen molar-refractivity contribution >= 4 is 27.5 Å². The molecule has 3 nitrogen and oxygen atoms in total. The lowest BCUT2D eigenvalue weighted by Crippen LogP contribution is -2.42. The lowest BCUT2D eigenvalue weighted by Gasteiger charge is -2.35. The molecule has 0 saturated carbocycles. The molecule has 2 unspecified atom stereocenters. The summed E-state index contributed by atoms with van der Waals surface area (Å²) in [6.45, 7) is 6.23. The Labute approximate surface area is 157 Å². The van der Waals surface area contributed by atoms with E-state index in [-0.39, 0.29) is 23.5 Å². The van der Waals surface area contributed by atoms with E-state index in [1.165, 1.54) is 11.1 Å². The van der Waals surface area contributed by atoms with Crippen LogP contribution in [-0.4, -0.2) is 22.5 Å². The van der Waals surface area contributed by atoms with Gasteiger partial charge in [0.15, 0.2) is 11.6 Å². The van der Waals surface area contributed by atoms with Crippen molar-refractivity contribution in [2.24, 2.45) is 5.92 Å². The van der Waals surface area contributed by atoms with Gasteiger partial charge in [-0.15, -0.1) is 0 Å². The van der Waals surface area contributed by atoms with Gasteiger partial charge >= 0.3 is 0 Å². The fourth-order valence-corrected chi connectivity index (χ4v) is 3.76. The summed E-state index contributed by atoms with van der Waals surface area (Å²) in [5.41, 5.74) is 4.26. The first kappa shape index (κ1) is 17.9. The van der Waals surface area contributed by atoms with Gasteiger partial charge in [-0.25, -0.2) is 0 Å². The van der Waals surface area contributed by atoms with Crippen molar-refractivity contribution in [1.82, 2.24) is 4.90 Å². The number of fused-ring (bicyclic) bond motifs is 2. The number of carbonyl (C=O) groups excluding carboxylic acids is 2. The van der Waals surface area contributed by atoms with Gasteiger partial charge in [-0.1, -0.05) is 33.2 Å². The molecule has 1 aromatic carbocycles. The van der Waals surface area contributed by atoms with Crippen LogP contribution in [0.1, 0.15) is 44.0 Å². The average molecular weight is 400 g/mol. The molecule has 2 bridgehead atoms. The minimum Gasteiger partial charge on any atom is -0.341 e. The standard InChI is InChI=1S/C21H22BrNO2/c1-13-10-17-12-15(3)23(19(21(17)25)11-14(13)2)9-8-20(24)16-4-6-18(22)7-5-16/h4-9,12,17,19H,10-11H2,1-3H3/b9-8+. The van der Waals surface area contributed by atoms with Crippen molar-refractivity contribution in [2.75, 3.05) is 0 Å². The highest BCUT2D eigenvalue weighted by molar-refractivity contribution is 9.10. The van der Waals surface area contributed by atoms with E-state index in [1.54, 1.807) is 24.4 Å². The van der Waals surface area contributed by atoms with E-state index in [0.717, 1.165) is 23.0 Å². The van der Waals surface area contributed by atoms with Crippen LogP contribution in [0.15, 0.2) is 63.9 Å². The number of halogens is 1. The smallest absolute Gasteiger partial charge is 0.187 e. The molecule has 0 N–H and O–H groups in total. The summed E-state index contributed by atoms with van der Waals surface area (Å²) in [6.07, 6.45) is 6.90. The molecule has 0 aromatic heterocycles. The van der Waals surface area contributed by atoms with E-state index >= 15 is 0 Å². The van der Waals surface area contributed by atoms with Gasteiger partial charge in [0, 0.05) is 33.9 Å². The van der Waals surface area contributed by atoms with Gasteiger partial charge < -0.3 is 4.90 Å². The molecule has 1 aliphatic heterocycles. The summed E-state index contributed by atoms with van der Waals surface area (Å²) < 4.78 is 0.940. The Bertz CT molecular complexity index is 802. The molecular weight excluding hydrogens is 378 g/mol. The summed E-state index contributed by atoms with van der Waals surface area (Å²) in [7, 11) is 0. The normalized spacial score (nSPS) is 23.8. The van der Waals surface area contributed by atoms with Gasteiger partial charge in [0.05, 0.1) is 6.04 Å². The molecule has 0 spiro atoms. The number of hydrogen-bond donors (Lipinski definition) is 0. The average Bonchev–Trinajstić information content (AvgIpc) is 2.64. The second-order valence-electron chi connectivity index (χ2n) is 6.90. The molecule has 1 aromatic rings. The molecule has 3 rings (SSSR count). The van der Waals surface area contributed by atoms with Crippen LogP contribution in [0.2, 0.25) is 0 Å². The quantitative estimate of drug-likeness (QED) is 0.405. The predicted octanol–water partition coefficient (Wildman–Crippen LogP) is 5.05. The molecule has 4 heteroatoms. The molecule has 0 fully saturated rings. The van der Waals surface area contributed by atoms with E-state index in [1.807, 2.05) is 30.0 Å². The third-order valence-electron chi connectivity index (χ3n) is 5.15. The Kier molecular flexibility index (Phi) is 5.09. The van der Waals surface area contributed by atoms with Crippen molar-refractivity contribution in [3.8, 4) is 0 Å². The van der Waals surface area contributed by atoms with E-state index in [0.29, 0.717) is 5.56 Å². The summed E-state index contributed by atoms with van der Waals surface area (Å²) in [4.78, 5) is 27.1. The second kappa shape index (κ2) is 7.12. The third-order valence-corrected chi connectivity index (χ3v) is 5.68. The summed E-state index contributed by atoms with van der Waals surface area (Å²) in [5.74, 6) is 0.156. The van der Waals surface area contributed by atoms with Gasteiger partial charge in [-0.3, -0.25) is 9.59 Å². The zero-order chi connectivity index (χ0) is 18.1. The van der Waals surface area contributed by atoms with E-state index < -0.39 is 0 Å². The molecule has 130 valence electrons. The molecule has 25 heavy (non-hydrogen) atoms. The third kappa shape index (κ3) is 3.69. The maximum atomic E-state index is 12.8. The van der Waals surface area contributed by atoms with Crippen molar-refractivity contribution in [3.63, 3.8) is 0 Å². The number of allylic oxidation sites excluding steroid dienone is 4. The van der Waals surface area contributed by atoms with Crippen LogP contribution < -0.4 is 0 Å². The van der Waals surface area contributed by atoms with Gasteiger partial charge in [-0.2, -0.15) is 0 Å². The van der Waals surface area contributed by atoms with E-state index in [9.17, 15) is 9.59 Å². The molecular formula is C21H22BrNO2. The minimum atomic E-state index is -0.207. The van der Waals surface area contributed by atoms with E-state index in [2.05, 4.69) is 29.8 Å². The number of nitrogens with zero attached hydrogens (tertiary/aromatic N) is 1. The van der Waals surface area contributed by atoms with Crippen molar-refractivity contribution < 1.29 is 9.59 Å². The topological polar surface area (TPSA) is 37.4 Å². The van der Waals surface area contributed by atoms with Crippen LogP contribution in [0, 0.1) is 5.92 Å². The highest BCUT2D eigenvalue weighted by Crippen LogP contribution is 2.35. The zero-order valence-corrected chi connectivity index (χ0v) is 16.3. The zero-order valence-electron chi connectivity index (χ0n) is 14.8. The molecule has 2 atom stereocenters. The number of benzene rings is 1. The van der Waals surface area contributed by atoms with E-state index in [4.69, 9.17) is 0 Å². The Balaban J connectivity index is 1.86. The number of rotatable bonds is 3. The molecule has 1 aliphatic carbocycles. The Morgan fingerprint density at radius 2 is 1.76 bits per heavy atom. The lowest BCUT2D eigenvalue weighted by atomic mass is 9.89. The van der Waals surface area contributed by atoms with Crippen molar-refractivity contribution in [3.05, 3.63) is 69.5 Å². The number of ketones is 2. The molecule has 2 aliphatic rings. The van der Waals surface area contributed by atoms with Crippen LogP contribution in [0.4, 0.5) is 0 Å². The maximum absolute atomic E-state index is 12.8. The number of carbonyl (C=O) groups is 2. The lowest BCUT2D eigenvalue weighted by molar-refractivity contribution is -0.126. The van der Waals surface area contributed by atoms with Crippen LogP contribution >= 0.6 is 15.9 Å². The van der Waals surface area contributed by atoms with Gasteiger partial charge in [-0.05, 0) is 57.9 Å². The summed E-state index contributed by atoms with van der Waals surface area (Å²) in [5, 5.41) is 0. The Morgan fingerprint density at radius 1 is 1.12 bits per heavy atom. The Morgan fingerprint density at radius 3 is 2.44 bits per heavy atom. The molecule has 0 amide bonds. The monoisotopic (exact) mass is 399 g/mol. The van der Waals surface area contributed by atoms with Gasteiger partial charge in [0.2, 0.25) is 0 Å². The molecule has 0 radical (unpaired) electrons. The molecule has 1 heterocycles. The Hall–Kier alpha value is -1.94. The fourth-order valence-electron chi connectivity index (χ4n) is 3.50. The first-order valence-corrected chi connectivity index (χ1v) is 9.30. The van der Waals surface area contributed by atoms with Gasteiger partial charge in [0.25, 0.3) is 0 Å². The number of Topliss-reactive ketones (excluding diaryl/α,β-unsaturated/α-hetero) is 1. The predicted molar refractivity (Wildman–Crippen MR) is 103 cm³/mol. The van der Waals surface area contributed by atoms with Crippen LogP contribution in [-0.2, 0) is 4.79 Å². The van der Waals surface area contributed by atoms with Crippen molar-refractivity contribution in [2.45, 2.75) is 39.7 Å². The van der Waals surface area contributed by atoms with Crippen LogP contribution in [0.5, 0.6) is 0 Å². The number of hydrogen-bond acceptors (Lipinski definition) is 3. The molecule has 0 saturated heterocycles. The summed E-state index contributed by atoms with van der Waals surface area (Å²) in [6, 6.07) is 7.08. The van der Waals surface area contributed by atoms with Gasteiger partial charge in [0.1, 0.15) is 0 Å². The van der Waals surface area contributed by atoms with Crippen LogP contribution in [0.3, 0.4) is 0 Å².